The predicted molar refractivity (Wildman–Crippen MR) is 343 cm³/mol. The summed E-state index contributed by atoms with van der Waals surface area (Å²) in [5.74, 6) is -0.0705. The monoisotopic (exact) mass is 1100 g/mol. The van der Waals surface area contributed by atoms with Crippen LogP contribution < -0.4 is 5.32 Å². The number of aliphatic hydroxyl groups is 2. The van der Waals surface area contributed by atoms with E-state index in [0.29, 0.717) is 19.4 Å². The number of aliphatic hydroxyl groups excluding tert-OH is 2. The molecule has 0 saturated carbocycles. The van der Waals surface area contributed by atoms with Crippen LogP contribution >= 0.6 is 0 Å². The average Bonchev–Trinajstić information content (AvgIpc) is 3.44. The van der Waals surface area contributed by atoms with E-state index in [9.17, 15) is 19.8 Å². The molecule has 0 bridgehead atoms. The van der Waals surface area contributed by atoms with Gasteiger partial charge in [-0.2, -0.15) is 0 Å². The summed E-state index contributed by atoms with van der Waals surface area (Å²) in [6.45, 7) is 4.92. The van der Waals surface area contributed by atoms with Gasteiger partial charge in [-0.1, -0.05) is 326 Å². The van der Waals surface area contributed by atoms with Crippen LogP contribution in [0.2, 0.25) is 0 Å². The van der Waals surface area contributed by atoms with Crippen molar-refractivity contribution >= 4 is 11.9 Å². The zero-order chi connectivity index (χ0) is 56.4. The van der Waals surface area contributed by atoms with Gasteiger partial charge in [0.1, 0.15) is 0 Å². The molecule has 0 aliphatic carbocycles. The Morgan fingerprint density at radius 1 is 0.346 bits per heavy atom. The molecule has 0 radical (unpaired) electrons. The highest BCUT2D eigenvalue weighted by Gasteiger charge is 2.18. The minimum Gasteiger partial charge on any atom is -0.466 e. The van der Waals surface area contributed by atoms with E-state index in [1.807, 2.05) is 6.08 Å². The number of ether oxygens (including phenoxy) is 1. The van der Waals surface area contributed by atoms with Gasteiger partial charge in [0.05, 0.1) is 25.4 Å². The van der Waals surface area contributed by atoms with Gasteiger partial charge >= 0.3 is 5.97 Å². The number of rotatable bonds is 66. The molecule has 0 rings (SSSR count). The number of amides is 1. The van der Waals surface area contributed by atoms with E-state index >= 15 is 0 Å². The Labute approximate surface area is 487 Å². The van der Waals surface area contributed by atoms with E-state index in [1.165, 1.54) is 308 Å². The second-order valence-electron chi connectivity index (χ2n) is 24.2. The molecule has 0 aromatic carbocycles. The van der Waals surface area contributed by atoms with Crippen molar-refractivity contribution in [1.82, 2.24) is 5.32 Å². The van der Waals surface area contributed by atoms with Crippen molar-refractivity contribution in [3.8, 4) is 0 Å². The van der Waals surface area contributed by atoms with E-state index in [0.717, 1.165) is 51.4 Å². The Hall–Kier alpha value is -1.92. The van der Waals surface area contributed by atoms with Crippen LogP contribution in [0.4, 0.5) is 0 Å². The first-order valence-electron chi connectivity index (χ1n) is 35.3. The number of carbonyl (C=O) groups is 2. The Kier molecular flexibility index (Phi) is 65.9. The second-order valence-corrected chi connectivity index (χ2v) is 24.2. The summed E-state index contributed by atoms with van der Waals surface area (Å²) >= 11 is 0. The summed E-state index contributed by atoms with van der Waals surface area (Å²) in [7, 11) is 0. The summed E-state index contributed by atoms with van der Waals surface area (Å²) < 4.78 is 5.50. The lowest BCUT2D eigenvalue weighted by atomic mass is 10.0. The molecular formula is C72H137NO5. The smallest absolute Gasteiger partial charge is 0.305 e. The number of hydrogen-bond donors (Lipinski definition) is 3. The third-order valence-corrected chi connectivity index (χ3v) is 16.4. The Morgan fingerprint density at radius 3 is 0.910 bits per heavy atom. The van der Waals surface area contributed by atoms with Gasteiger partial charge in [-0.25, -0.2) is 0 Å². The number of esters is 1. The highest BCUT2D eigenvalue weighted by atomic mass is 16.5. The zero-order valence-corrected chi connectivity index (χ0v) is 52.7. The van der Waals surface area contributed by atoms with Crippen LogP contribution in [-0.2, 0) is 14.3 Å². The molecule has 0 heterocycles. The van der Waals surface area contributed by atoms with Gasteiger partial charge in [0.15, 0.2) is 0 Å². The summed E-state index contributed by atoms with van der Waals surface area (Å²) in [4.78, 5) is 24.6. The van der Waals surface area contributed by atoms with Crippen molar-refractivity contribution in [2.45, 2.75) is 398 Å². The number of carbonyl (C=O) groups excluding carboxylic acids is 2. The molecule has 0 aliphatic heterocycles. The Balaban J connectivity index is 3.45. The lowest BCUT2D eigenvalue weighted by molar-refractivity contribution is -0.143. The fourth-order valence-corrected chi connectivity index (χ4v) is 11.0. The lowest BCUT2D eigenvalue weighted by Crippen LogP contribution is -2.45. The summed E-state index contributed by atoms with van der Waals surface area (Å²) in [5.41, 5.74) is 0. The van der Waals surface area contributed by atoms with Crippen molar-refractivity contribution in [2.24, 2.45) is 0 Å². The molecular weight excluding hydrogens is 959 g/mol. The van der Waals surface area contributed by atoms with Crippen molar-refractivity contribution < 1.29 is 24.5 Å². The van der Waals surface area contributed by atoms with Gasteiger partial charge in [-0.3, -0.25) is 9.59 Å². The van der Waals surface area contributed by atoms with E-state index in [-0.39, 0.29) is 18.5 Å². The van der Waals surface area contributed by atoms with Crippen LogP contribution in [-0.4, -0.2) is 47.4 Å². The minimum absolute atomic E-state index is 0.00349. The van der Waals surface area contributed by atoms with Crippen LogP contribution in [0, 0.1) is 0 Å². The van der Waals surface area contributed by atoms with E-state index in [2.05, 4.69) is 43.5 Å². The normalized spacial score (nSPS) is 12.7. The van der Waals surface area contributed by atoms with E-state index < -0.39 is 12.1 Å². The van der Waals surface area contributed by atoms with Gasteiger partial charge in [-0.15, -0.1) is 0 Å². The lowest BCUT2D eigenvalue weighted by Gasteiger charge is -2.20. The number of hydrogen-bond acceptors (Lipinski definition) is 5. The fraction of sp³-hybridized carbons (Fsp3) is 0.889. The second kappa shape index (κ2) is 67.6. The molecule has 0 aromatic heterocycles. The highest BCUT2D eigenvalue weighted by Crippen LogP contribution is 2.18. The number of unbranched alkanes of at least 4 members (excludes halogenated alkanes) is 51. The topological polar surface area (TPSA) is 95.9 Å². The SMILES string of the molecule is CCCCCCCC/C=C\CCCCCCCCCCCC(=O)OCCCCCCCCCC/C=C\CCCCCCCCCC(=O)NC(CO)C(O)/C=C/CCCCCCCCCCCCCCCCCCCCCCC. The molecule has 78 heavy (non-hydrogen) atoms. The molecule has 6 nitrogen and oxygen atoms in total. The molecule has 460 valence electrons. The molecule has 0 aromatic rings. The molecule has 0 spiro atoms. The van der Waals surface area contributed by atoms with Crippen LogP contribution in [0.3, 0.4) is 0 Å². The minimum atomic E-state index is -0.853. The molecule has 2 atom stereocenters. The molecule has 0 fully saturated rings. The molecule has 6 heteroatoms. The predicted octanol–water partition coefficient (Wildman–Crippen LogP) is 22.7. The van der Waals surface area contributed by atoms with Crippen molar-refractivity contribution in [1.29, 1.82) is 0 Å². The first kappa shape index (κ1) is 76.1. The van der Waals surface area contributed by atoms with E-state index in [1.54, 1.807) is 6.08 Å². The zero-order valence-electron chi connectivity index (χ0n) is 52.7. The van der Waals surface area contributed by atoms with Gasteiger partial charge < -0.3 is 20.3 Å². The maximum Gasteiger partial charge on any atom is 0.305 e. The largest absolute Gasteiger partial charge is 0.466 e. The number of nitrogens with one attached hydrogen (secondary N) is 1. The fourth-order valence-electron chi connectivity index (χ4n) is 11.0. The summed E-state index contributed by atoms with van der Waals surface area (Å²) in [5, 5.41) is 23.3. The molecule has 2 unspecified atom stereocenters. The third kappa shape index (κ3) is 63.3. The van der Waals surface area contributed by atoms with Crippen molar-refractivity contribution in [2.75, 3.05) is 13.2 Å². The maximum atomic E-state index is 12.5. The number of allylic oxidation sites excluding steroid dienone is 5. The van der Waals surface area contributed by atoms with Crippen LogP contribution in [0.5, 0.6) is 0 Å². The van der Waals surface area contributed by atoms with Crippen LogP contribution in [0.15, 0.2) is 36.5 Å². The Morgan fingerprint density at radius 2 is 0.603 bits per heavy atom. The molecule has 0 aliphatic rings. The standard InChI is InChI=1S/C72H137NO5/c1-3-5-7-9-11-13-15-17-19-21-23-24-25-26-29-32-36-40-44-48-52-56-60-64-70(75)69(68-74)73-71(76)65-61-57-53-49-45-41-37-33-30-27-31-35-39-43-47-51-55-59-63-67-78-72(77)66-62-58-54-50-46-42-38-34-28-22-20-18-16-14-12-10-8-6-4-2/h18,20,27,30,60,64,69-70,74-75H,3-17,19,21-26,28-29,31-59,61-63,65-68H2,1-2H3,(H,73,76)/b20-18-,30-27-,64-60+. The van der Waals surface area contributed by atoms with Gasteiger partial charge in [-0.05, 0) is 83.5 Å². The first-order chi connectivity index (χ1) is 38.5. The van der Waals surface area contributed by atoms with Crippen molar-refractivity contribution in [3.05, 3.63) is 36.5 Å². The van der Waals surface area contributed by atoms with E-state index in [4.69, 9.17) is 4.74 Å². The van der Waals surface area contributed by atoms with Gasteiger partial charge in [0.2, 0.25) is 5.91 Å². The molecule has 0 saturated heterocycles. The first-order valence-corrected chi connectivity index (χ1v) is 35.3. The quantitative estimate of drug-likeness (QED) is 0.0320. The molecule has 3 N–H and O–H groups in total. The van der Waals surface area contributed by atoms with Gasteiger partial charge in [0, 0.05) is 12.8 Å². The molecule has 1 amide bonds. The van der Waals surface area contributed by atoms with Gasteiger partial charge in [0.25, 0.3) is 0 Å². The van der Waals surface area contributed by atoms with Crippen molar-refractivity contribution in [3.63, 3.8) is 0 Å². The average molecular weight is 1100 g/mol. The Bertz CT molecular complexity index is 1260. The highest BCUT2D eigenvalue weighted by molar-refractivity contribution is 5.76. The third-order valence-electron chi connectivity index (χ3n) is 16.4. The summed E-state index contributed by atoms with van der Waals surface area (Å²) in [6, 6.07) is -0.637. The maximum absolute atomic E-state index is 12.5. The summed E-state index contributed by atoms with van der Waals surface area (Å²) in [6.07, 6.45) is 86.4. The van der Waals surface area contributed by atoms with Crippen LogP contribution in [0.1, 0.15) is 386 Å². The van der Waals surface area contributed by atoms with Crippen LogP contribution in [0.25, 0.3) is 0 Å².